The van der Waals surface area contributed by atoms with Gasteiger partial charge in [-0.1, -0.05) is 28.1 Å². The van der Waals surface area contributed by atoms with Crippen molar-refractivity contribution in [2.75, 3.05) is 6.61 Å². The summed E-state index contributed by atoms with van der Waals surface area (Å²) < 4.78 is 6.21. The lowest BCUT2D eigenvalue weighted by molar-refractivity contribution is 0.102. The summed E-state index contributed by atoms with van der Waals surface area (Å²) >= 11 is 3.35. The molecular formula is C10H10BrNO. The first-order valence-electron chi connectivity index (χ1n) is 4.04. The molecule has 0 spiro atoms. The van der Waals surface area contributed by atoms with Crippen molar-refractivity contribution in [2.45, 2.75) is 13.0 Å². The summed E-state index contributed by atoms with van der Waals surface area (Å²) in [5.74, 6) is 0. The highest BCUT2D eigenvalue weighted by molar-refractivity contribution is 9.10. The molecule has 0 saturated heterocycles. The van der Waals surface area contributed by atoms with Crippen molar-refractivity contribution in [1.82, 2.24) is 0 Å². The van der Waals surface area contributed by atoms with E-state index < -0.39 is 6.10 Å². The molecule has 0 aliphatic rings. The molecule has 13 heavy (non-hydrogen) atoms. The van der Waals surface area contributed by atoms with E-state index in [0.29, 0.717) is 6.61 Å². The van der Waals surface area contributed by atoms with Crippen LogP contribution in [0.4, 0.5) is 0 Å². The summed E-state index contributed by atoms with van der Waals surface area (Å²) in [7, 11) is 0. The second-order valence-corrected chi connectivity index (χ2v) is 3.44. The van der Waals surface area contributed by atoms with Gasteiger partial charge in [0.25, 0.3) is 0 Å². The van der Waals surface area contributed by atoms with E-state index in [2.05, 4.69) is 22.0 Å². The largest absolute Gasteiger partial charge is 0.359 e. The van der Waals surface area contributed by atoms with Gasteiger partial charge in [-0.3, -0.25) is 0 Å². The van der Waals surface area contributed by atoms with Crippen molar-refractivity contribution in [2.24, 2.45) is 0 Å². The number of hydrogen-bond donors (Lipinski definition) is 0. The highest BCUT2D eigenvalue weighted by Crippen LogP contribution is 2.20. The minimum atomic E-state index is -0.456. The summed E-state index contributed by atoms with van der Waals surface area (Å²) in [6, 6.07) is 9.69. The van der Waals surface area contributed by atoms with Crippen LogP contribution in [0.2, 0.25) is 0 Å². The molecule has 2 nitrogen and oxygen atoms in total. The molecule has 1 atom stereocenters. The molecule has 0 heterocycles. The summed E-state index contributed by atoms with van der Waals surface area (Å²) in [6.07, 6.45) is -0.456. The van der Waals surface area contributed by atoms with Crippen molar-refractivity contribution in [3.8, 4) is 6.07 Å². The first-order chi connectivity index (χ1) is 6.27. The third-order valence-corrected chi connectivity index (χ3v) is 2.10. The predicted molar refractivity (Wildman–Crippen MR) is 54.1 cm³/mol. The van der Waals surface area contributed by atoms with E-state index in [4.69, 9.17) is 10.00 Å². The van der Waals surface area contributed by atoms with Crippen molar-refractivity contribution in [3.63, 3.8) is 0 Å². The van der Waals surface area contributed by atoms with Crippen molar-refractivity contribution in [1.29, 1.82) is 5.26 Å². The molecular weight excluding hydrogens is 230 g/mol. The Kier molecular flexibility index (Phi) is 3.94. The van der Waals surface area contributed by atoms with Gasteiger partial charge in [0.05, 0.1) is 6.07 Å². The van der Waals surface area contributed by atoms with Crippen LogP contribution in [0.5, 0.6) is 0 Å². The van der Waals surface area contributed by atoms with Crippen molar-refractivity contribution in [3.05, 3.63) is 34.3 Å². The molecule has 0 aliphatic heterocycles. The summed E-state index contributed by atoms with van der Waals surface area (Å²) in [4.78, 5) is 0. The van der Waals surface area contributed by atoms with Crippen LogP contribution in [0.15, 0.2) is 28.7 Å². The normalized spacial score (nSPS) is 12.1. The van der Waals surface area contributed by atoms with Crippen LogP contribution >= 0.6 is 15.9 Å². The number of halogens is 1. The number of benzene rings is 1. The highest BCUT2D eigenvalue weighted by atomic mass is 79.9. The molecule has 0 amide bonds. The fraction of sp³-hybridized carbons (Fsp3) is 0.300. The lowest BCUT2D eigenvalue weighted by Gasteiger charge is -2.08. The fourth-order valence-electron chi connectivity index (χ4n) is 1.04. The molecule has 0 bridgehead atoms. The Bertz CT molecular complexity index is 319. The average Bonchev–Trinajstić information content (AvgIpc) is 2.14. The molecule has 3 heteroatoms. The fourth-order valence-corrected chi connectivity index (χ4v) is 1.46. The highest BCUT2D eigenvalue weighted by Gasteiger charge is 2.09. The number of nitrogens with zero attached hydrogens (tertiary/aromatic N) is 1. The van der Waals surface area contributed by atoms with Crippen LogP contribution in [0, 0.1) is 11.3 Å². The second kappa shape index (κ2) is 5.00. The average molecular weight is 240 g/mol. The van der Waals surface area contributed by atoms with Gasteiger partial charge in [-0.2, -0.15) is 5.26 Å². The van der Waals surface area contributed by atoms with Crippen molar-refractivity contribution >= 4 is 15.9 Å². The molecule has 0 N–H and O–H groups in total. The summed E-state index contributed by atoms with van der Waals surface area (Å²) in [6.45, 7) is 2.42. The third-order valence-electron chi connectivity index (χ3n) is 1.60. The Morgan fingerprint density at radius 1 is 1.62 bits per heavy atom. The van der Waals surface area contributed by atoms with Crippen LogP contribution in [-0.2, 0) is 4.74 Å². The zero-order valence-electron chi connectivity index (χ0n) is 7.33. The molecule has 0 saturated carbocycles. The second-order valence-electron chi connectivity index (χ2n) is 2.52. The smallest absolute Gasteiger partial charge is 0.169 e. The standard InChI is InChI=1S/C10H10BrNO/c1-2-13-10(7-12)8-4-3-5-9(11)6-8/h3-6,10H,2H2,1H3. The quantitative estimate of drug-likeness (QED) is 0.813. The SMILES string of the molecule is CCOC(C#N)c1cccc(Br)c1. The van der Waals surface area contributed by atoms with Gasteiger partial charge in [0.1, 0.15) is 0 Å². The Morgan fingerprint density at radius 3 is 2.92 bits per heavy atom. The monoisotopic (exact) mass is 239 g/mol. The molecule has 1 aromatic carbocycles. The Labute approximate surface area is 86.3 Å². The molecule has 1 unspecified atom stereocenters. The zero-order valence-corrected chi connectivity index (χ0v) is 8.91. The number of hydrogen-bond acceptors (Lipinski definition) is 2. The maximum absolute atomic E-state index is 8.81. The molecule has 0 fully saturated rings. The predicted octanol–water partition coefficient (Wildman–Crippen LogP) is 3.05. The van der Waals surface area contributed by atoms with Gasteiger partial charge in [0.15, 0.2) is 6.10 Å². The summed E-state index contributed by atoms with van der Waals surface area (Å²) in [5.41, 5.74) is 0.888. The van der Waals surface area contributed by atoms with Crippen LogP contribution in [0.1, 0.15) is 18.6 Å². The first kappa shape index (κ1) is 10.2. The molecule has 1 aromatic rings. The van der Waals surface area contributed by atoms with E-state index in [1.807, 2.05) is 31.2 Å². The van der Waals surface area contributed by atoms with Crippen LogP contribution in [-0.4, -0.2) is 6.61 Å². The van der Waals surface area contributed by atoms with E-state index in [9.17, 15) is 0 Å². The molecule has 1 rings (SSSR count). The maximum Gasteiger partial charge on any atom is 0.169 e. The topological polar surface area (TPSA) is 33.0 Å². The van der Waals surface area contributed by atoms with Gasteiger partial charge in [-0.15, -0.1) is 0 Å². The Morgan fingerprint density at radius 2 is 2.38 bits per heavy atom. The first-order valence-corrected chi connectivity index (χ1v) is 4.84. The Hall–Kier alpha value is -0.850. The lowest BCUT2D eigenvalue weighted by atomic mass is 10.1. The van der Waals surface area contributed by atoms with Gasteiger partial charge >= 0.3 is 0 Å². The van der Waals surface area contributed by atoms with E-state index >= 15 is 0 Å². The number of nitriles is 1. The summed E-state index contributed by atoms with van der Waals surface area (Å²) in [5, 5.41) is 8.81. The van der Waals surface area contributed by atoms with E-state index in [0.717, 1.165) is 10.0 Å². The van der Waals surface area contributed by atoms with Gasteiger partial charge in [0, 0.05) is 11.1 Å². The minimum Gasteiger partial charge on any atom is -0.359 e. The number of rotatable bonds is 3. The van der Waals surface area contributed by atoms with Gasteiger partial charge in [0.2, 0.25) is 0 Å². The van der Waals surface area contributed by atoms with E-state index in [1.165, 1.54) is 0 Å². The molecule has 0 aromatic heterocycles. The molecule has 0 radical (unpaired) electrons. The number of ether oxygens (including phenoxy) is 1. The Balaban J connectivity index is 2.86. The van der Waals surface area contributed by atoms with Crippen LogP contribution < -0.4 is 0 Å². The van der Waals surface area contributed by atoms with Gasteiger partial charge in [-0.25, -0.2) is 0 Å². The van der Waals surface area contributed by atoms with Crippen molar-refractivity contribution < 1.29 is 4.74 Å². The van der Waals surface area contributed by atoms with E-state index in [1.54, 1.807) is 0 Å². The maximum atomic E-state index is 8.81. The third kappa shape index (κ3) is 2.83. The lowest BCUT2D eigenvalue weighted by Crippen LogP contribution is -2.00. The van der Waals surface area contributed by atoms with Crippen LogP contribution in [0.3, 0.4) is 0 Å². The van der Waals surface area contributed by atoms with Crippen LogP contribution in [0.25, 0.3) is 0 Å². The zero-order chi connectivity index (χ0) is 9.68. The van der Waals surface area contributed by atoms with Gasteiger partial charge < -0.3 is 4.74 Å². The molecule has 0 aliphatic carbocycles. The van der Waals surface area contributed by atoms with E-state index in [-0.39, 0.29) is 0 Å². The molecule has 68 valence electrons. The minimum absolute atomic E-state index is 0.456. The van der Waals surface area contributed by atoms with Gasteiger partial charge in [-0.05, 0) is 24.6 Å².